The zero-order valence-electron chi connectivity index (χ0n) is 11.9. The van der Waals surface area contributed by atoms with E-state index in [2.05, 4.69) is 10.3 Å². The molecular formula is C15H20FN3O. The van der Waals surface area contributed by atoms with E-state index in [1.165, 1.54) is 6.07 Å². The molecule has 0 unspecified atom stereocenters. The summed E-state index contributed by atoms with van der Waals surface area (Å²) in [6.45, 7) is 4.84. The lowest BCUT2D eigenvalue weighted by molar-refractivity contribution is 0.199. The van der Waals surface area contributed by atoms with Crippen molar-refractivity contribution in [2.45, 2.75) is 20.0 Å². The Morgan fingerprint density at radius 3 is 3.00 bits per heavy atom. The van der Waals surface area contributed by atoms with Crippen LogP contribution >= 0.6 is 0 Å². The average Bonchev–Trinajstić information content (AvgIpc) is 2.86. The molecule has 0 aliphatic heterocycles. The van der Waals surface area contributed by atoms with Gasteiger partial charge in [-0.15, -0.1) is 0 Å². The summed E-state index contributed by atoms with van der Waals surface area (Å²) in [5.41, 5.74) is 3.04. The zero-order chi connectivity index (χ0) is 14.4. The molecule has 2 rings (SSSR count). The number of nitrogens with one attached hydrogen (secondary N) is 1. The summed E-state index contributed by atoms with van der Waals surface area (Å²) in [6, 6.07) is 4.87. The van der Waals surface area contributed by atoms with Crippen molar-refractivity contribution in [3.05, 3.63) is 53.4 Å². The van der Waals surface area contributed by atoms with Crippen molar-refractivity contribution in [2.75, 3.05) is 20.3 Å². The number of methoxy groups -OCH3 is 1. The van der Waals surface area contributed by atoms with Crippen LogP contribution in [0.1, 0.15) is 16.8 Å². The molecule has 4 nitrogen and oxygen atoms in total. The second kappa shape index (κ2) is 7.17. The normalized spacial score (nSPS) is 10.9. The summed E-state index contributed by atoms with van der Waals surface area (Å²) in [5, 5.41) is 3.25. The van der Waals surface area contributed by atoms with E-state index in [4.69, 9.17) is 4.74 Å². The minimum atomic E-state index is -0.195. The number of halogens is 1. The lowest BCUT2D eigenvalue weighted by atomic mass is 10.1. The standard InChI is InChI=1S/C15H20FN3O/c1-12-7-14(16)4-3-13(12)9-19-10-15(18-11-19)8-17-5-6-20-2/h3-4,7,10-11,17H,5-6,8-9H2,1-2H3. The maximum atomic E-state index is 13.1. The number of benzene rings is 1. The number of aryl methyl sites for hydroxylation is 1. The van der Waals surface area contributed by atoms with Crippen molar-refractivity contribution in [3.8, 4) is 0 Å². The Labute approximate surface area is 118 Å². The van der Waals surface area contributed by atoms with E-state index in [1.54, 1.807) is 19.5 Å². The van der Waals surface area contributed by atoms with E-state index in [0.29, 0.717) is 13.2 Å². The Morgan fingerprint density at radius 2 is 2.25 bits per heavy atom. The van der Waals surface area contributed by atoms with Crippen LogP contribution in [0, 0.1) is 12.7 Å². The lowest BCUT2D eigenvalue weighted by Crippen LogP contribution is -2.18. The van der Waals surface area contributed by atoms with E-state index in [-0.39, 0.29) is 5.82 Å². The molecule has 1 aromatic carbocycles. The van der Waals surface area contributed by atoms with Gasteiger partial charge in [0.05, 0.1) is 18.6 Å². The van der Waals surface area contributed by atoms with Crippen molar-refractivity contribution in [3.63, 3.8) is 0 Å². The molecular weight excluding hydrogens is 257 g/mol. The van der Waals surface area contributed by atoms with Gasteiger partial charge >= 0.3 is 0 Å². The van der Waals surface area contributed by atoms with Crippen molar-refractivity contribution < 1.29 is 9.13 Å². The van der Waals surface area contributed by atoms with E-state index in [9.17, 15) is 4.39 Å². The van der Waals surface area contributed by atoms with Crippen LogP contribution in [0.3, 0.4) is 0 Å². The average molecular weight is 277 g/mol. The third-order valence-electron chi connectivity index (χ3n) is 3.13. The molecule has 1 N–H and O–H groups in total. The first-order chi connectivity index (χ1) is 9.69. The smallest absolute Gasteiger partial charge is 0.123 e. The molecule has 0 bridgehead atoms. The van der Waals surface area contributed by atoms with Gasteiger partial charge in [0.1, 0.15) is 5.82 Å². The number of ether oxygens (including phenoxy) is 1. The third-order valence-corrected chi connectivity index (χ3v) is 3.13. The predicted molar refractivity (Wildman–Crippen MR) is 76.0 cm³/mol. The Kier molecular flexibility index (Phi) is 5.26. The maximum Gasteiger partial charge on any atom is 0.123 e. The molecule has 0 radical (unpaired) electrons. The molecule has 0 atom stereocenters. The Balaban J connectivity index is 1.92. The van der Waals surface area contributed by atoms with Gasteiger partial charge in [-0.25, -0.2) is 9.37 Å². The second-order valence-corrected chi connectivity index (χ2v) is 4.78. The van der Waals surface area contributed by atoms with Crippen LogP contribution in [0.2, 0.25) is 0 Å². The van der Waals surface area contributed by atoms with Gasteiger partial charge in [-0.2, -0.15) is 0 Å². The lowest BCUT2D eigenvalue weighted by Gasteiger charge is -2.06. The molecule has 0 aliphatic rings. The highest BCUT2D eigenvalue weighted by atomic mass is 19.1. The van der Waals surface area contributed by atoms with Crippen molar-refractivity contribution in [2.24, 2.45) is 0 Å². The van der Waals surface area contributed by atoms with Crippen molar-refractivity contribution in [1.82, 2.24) is 14.9 Å². The van der Waals surface area contributed by atoms with Gasteiger partial charge in [-0.05, 0) is 30.2 Å². The fourth-order valence-electron chi connectivity index (χ4n) is 2.01. The molecule has 1 heterocycles. The van der Waals surface area contributed by atoms with Gasteiger partial charge in [0.25, 0.3) is 0 Å². The van der Waals surface area contributed by atoms with Gasteiger partial charge < -0.3 is 14.6 Å². The maximum absolute atomic E-state index is 13.1. The fraction of sp³-hybridized carbons (Fsp3) is 0.400. The van der Waals surface area contributed by atoms with Crippen LogP contribution in [0.4, 0.5) is 4.39 Å². The topological polar surface area (TPSA) is 39.1 Å². The molecule has 20 heavy (non-hydrogen) atoms. The predicted octanol–water partition coefficient (Wildman–Crippen LogP) is 2.11. The van der Waals surface area contributed by atoms with Crippen molar-refractivity contribution in [1.29, 1.82) is 0 Å². The summed E-state index contributed by atoms with van der Waals surface area (Å²) in [7, 11) is 1.68. The first-order valence-electron chi connectivity index (χ1n) is 6.64. The quantitative estimate of drug-likeness (QED) is 0.788. The van der Waals surface area contributed by atoms with Gasteiger partial charge in [0.2, 0.25) is 0 Å². The monoisotopic (exact) mass is 277 g/mol. The molecule has 0 saturated carbocycles. The van der Waals surface area contributed by atoms with Crippen LogP contribution in [0.5, 0.6) is 0 Å². The highest BCUT2D eigenvalue weighted by Crippen LogP contribution is 2.12. The van der Waals surface area contributed by atoms with Crippen molar-refractivity contribution >= 4 is 0 Å². The summed E-state index contributed by atoms with van der Waals surface area (Å²) in [5.74, 6) is -0.195. The number of imidazole rings is 1. The first kappa shape index (κ1) is 14.7. The number of hydrogen-bond acceptors (Lipinski definition) is 3. The Hall–Kier alpha value is -1.72. The molecule has 0 spiro atoms. The molecule has 0 saturated heterocycles. The van der Waals surface area contributed by atoms with E-state index in [1.807, 2.05) is 23.8 Å². The summed E-state index contributed by atoms with van der Waals surface area (Å²) < 4.78 is 20.0. The van der Waals surface area contributed by atoms with Gasteiger partial charge in [0, 0.05) is 32.9 Å². The fourth-order valence-corrected chi connectivity index (χ4v) is 2.01. The summed E-state index contributed by atoms with van der Waals surface area (Å²) in [4.78, 5) is 4.34. The molecule has 0 fully saturated rings. The zero-order valence-corrected chi connectivity index (χ0v) is 11.9. The molecule has 2 aromatic rings. The first-order valence-corrected chi connectivity index (χ1v) is 6.64. The highest BCUT2D eigenvalue weighted by molar-refractivity contribution is 5.26. The number of aromatic nitrogens is 2. The number of rotatable bonds is 7. The SMILES string of the molecule is COCCNCc1cn(Cc2ccc(F)cc2C)cn1. The van der Waals surface area contributed by atoms with Crippen LogP contribution in [0.15, 0.2) is 30.7 Å². The molecule has 0 aliphatic carbocycles. The van der Waals surface area contributed by atoms with E-state index < -0.39 is 0 Å². The van der Waals surface area contributed by atoms with Crippen LogP contribution in [0.25, 0.3) is 0 Å². The molecule has 5 heteroatoms. The van der Waals surface area contributed by atoms with Crippen LogP contribution < -0.4 is 5.32 Å². The van der Waals surface area contributed by atoms with E-state index >= 15 is 0 Å². The summed E-state index contributed by atoms with van der Waals surface area (Å²) >= 11 is 0. The molecule has 1 aromatic heterocycles. The molecule has 0 amide bonds. The Bertz CT molecular complexity index is 554. The van der Waals surface area contributed by atoms with Gasteiger partial charge in [-0.1, -0.05) is 6.07 Å². The van der Waals surface area contributed by atoms with Gasteiger partial charge in [-0.3, -0.25) is 0 Å². The highest BCUT2D eigenvalue weighted by Gasteiger charge is 2.03. The molecule has 108 valence electrons. The number of hydrogen-bond donors (Lipinski definition) is 1. The number of nitrogens with zero attached hydrogens (tertiary/aromatic N) is 2. The third kappa shape index (κ3) is 4.15. The van der Waals surface area contributed by atoms with Gasteiger partial charge in [0.15, 0.2) is 0 Å². The summed E-state index contributed by atoms with van der Waals surface area (Å²) in [6.07, 6.45) is 3.80. The second-order valence-electron chi connectivity index (χ2n) is 4.78. The van der Waals surface area contributed by atoms with E-state index in [0.717, 1.165) is 29.9 Å². The minimum absolute atomic E-state index is 0.195. The van der Waals surface area contributed by atoms with Crippen LogP contribution in [-0.2, 0) is 17.8 Å². The Morgan fingerprint density at radius 1 is 1.40 bits per heavy atom. The largest absolute Gasteiger partial charge is 0.383 e. The van der Waals surface area contributed by atoms with Crippen LogP contribution in [-0.4, -0.2) is 29.8 Å². The minimum Gasteiger partial charge on any atom is -0.383 e.